The number of hydrogen-bond donors (Lipinski definition) is 0. The lowest BCUT2D eigenvalue weighted by molar-refractivity contribution is -0.159. The maximum absolute atomic E-state index is 13.1. The zero-order chi connectivity index (χ0) is 22.4. The number of ether oxygens (including phenoxy) is 3. The second-order valence-corrected chi connectivity index (χ2v) is 8.86. The summed E-state index contributed by atoms with van der Waals surface area (Å²) in [4.78, 5) is 21.8. The molecular formula is C24H30ClN3O4. The Morgan fingerprint density at radius 1 is 1.16 bits per heavy atom. The van der Waals surface area contributed by atoms with E-state index >= 15 is 0 Å². The van der Waals surface area contributed by atoms with E-state index in [1.54, 1.807) is 12.1 Å². The summed E-state index contributed by atoms with van der Waals surface area (Å²) in [6.45, 7) is 7.35. The fourth-order valence-electron chi connectivity index (χ4n) is 4.15. The normalized spacial score (nSPS) is 22.0. The Labute approximate surface area is 194 Å². The van der Waals surface area contributed by atoms with Gasteiger partial charge in [-0.1, -0.05) is 17.7 Å². The predicted octanol–water partition coefficient (Wildman–Crippen LogP) is 2.94. The Morgan fingerprint density at radius 3 is 2.69 bits per heavy atom. The molecule has 32 heavy (non-hydrogen) atoms. The Kier molecular flexibility index (Phi) is 7.63. The highest BCUT2D eigenvalue weighted by Gasteiger charge is 2.41. The molecule has 1 aromatic heterocycles. The van der Waals surface area contributed by atoms with Gasteiger partial charge in [-0.25, -0.2) is 0 Å². The highest BCUT2D eigenvalue weighted by atomic mass is 35.5. The summed E-state index contributed by atoms with van der Waals surface area (Å²) in [5.74, 6) is 0.776. The first-order valence-corrected chi connectivity index (χ1v) is 11.4. The van der Waals surface area contributed by atoms with Gasteiger partial charge in [-0.15, -0.1) is 0 Å². The molecule has 0 bridgehead atoms. The molecule has 0 spiro atoms. The van der Waals surface area contributed by atoms with Gasteiger partial charge in [0.05, 0.1) is 31.9 Å². The van der Waals surface area contributed by atoms with Crippen LogP contribution in [-0.2, 0) is 20.8 Å². The Balaban J connectivity index is 1.49. The molecule has 0 saturated carbocycles. The number of carbonyl (C=O) groups excluding carboxylic acids is 1. The van der Waals surface area contributed by atoms with E-state index in [4.69, 9.17) is 25.8 Å². The molecule has 2 aliphatic heterocycles. The molecule has 2 aliphatic rings. The Morgan fingerprint density at radius 2 is 1.94 bits per heavy atom. The third-order valence-electron chi connectivity index (χ3n) is 5.97. The maximum atomic E-state index is 13.1. The van der Waals surface area contributed by atoms with Gasteiger partial charge in [0.15, 0.2) is 0 Å². The highest BCUT2D eigenvalue weighted by Crippen LogP contribution is 2.27. The van der Waals surface area contributed by atoms with Gasteiger partial charge in [-0.2, -0.15) is 0 Å². The van der Waals surface area contributed by atoms with E-state index in [0.717, 1.165) is 17.8 Å². The first kappa shape index (κ1) is 23.0. The first-order chi connectivity index (χ1) is 15.5. The standard InChI is InChI=1S/C24H30ClN3O4/c1-19-3-2-8-26-22(19)16-27-9-14-32-24(17-27,15-23(29)28-10-12-30-13-11-28)18-31-21-6-4-20(25)5-7-21/h2-8H,9-18H2,1H3/t24-/m1/s1. The van der Waals surface area contributed by atoms with E-state index in [-0.39, 0.29) is 18.9 Å². The molecule has 0 radical (unpaired) electrons. The molecule has 2 fully saturated rings. The smallest absolute Gasteiger partial charge is 0.225 e. The fraction of sp³-hybridized carbons (Fsp3) is 0.500. The van der Waals surface area contributed by atoms with Gasteiger partial charge >= 0.3 is 0 Å². The zero-order valence-corrected chi connectivity index (χ0v) is 19.2. The van der Waals surface area contributed by atoms with Crippen molar-refractivity contribution >= 4 is 17.5 Å². The fourth-order valence-corrected chi connectivity index (χ4v) is 4.27. The average Bonchev–Trinajstić information content (AvgIpc) is 2.81. The number of nitrogens with zero attached hydrogens (tertiary/aromatic N) is 3. The summed E-state index contributed by atoms with van der Waals surface area (Å²) in [7, 11) is 0. The van der Waals surface area contributed by atoms with Crippen LogP contribution in [0.4, 0.5) is 0 Å². The number of hydrogen-bond acceptors (Lipinski definition) is 6. The molecule has 4 rings (SSSR count). The lowest BCUT2D eigenvalue weighted by Crippen LogP contribution is -2.57. The summed E-state index contributed by atoms with van der Waals surface area (Å²) in [5.41, 5.74) is 1.46. The number of carbonyl (C=O) groups is 1. The number of amides is 1. The van der Waals surface area contributed by atoms with Crippen LogP contribution >= 0.6 is 11.6 Å². The summed E-state index contributed by atoms with van der Waals surface area (Å²) in [5, 5.41) is 0.653. The number of aromatic nitrogens is 1. The number of rotatable bonds is 7. The number of morpholine rings is 2. The van der Waals surface area contributed by atoms with E-state index in [0.29, 0.717) is 56.8 Å². The summed E-state index contributed by atoms with van der Waals surface area (Å²) in [6, 6.07) is 11.3. The molecule has 2 aromatic rings. The second kappa shape index (κ2) is 10.6. The minimum Gasteiger partial charge on any atom is -0.491 e. The van der Waals surface area contributed by atoms with Crippen LogP contribution in [0.15, 0.2) is 42.6 Å². The average molecular weight is 460 g/mol. The summed E-state index contributed by atoms with van der Waals surface area (Å²) in [6.07, 6.45) is 2.08. The van der Waals surface area contributed by atoms with Crippen LogP contribution in [0.5, 0.6) is 5.75 Å². The van der Waals surface area contributed by atoms with Crippen molar-refractivity contribution < 1.29 is 19.0 Å². The Bertz CT molecular complexity index is 904. The van der Waals surface area contributed by atoms with E-state index in [2.05, 4.69) is 22.9 Å². The predicted molar refractivity (Wildman–Crippen MR) is 122 cm³/mol. The molecule has 172 valence electrons. The van der Waals surface area contributed by atoms with Crippen molar-refractivity contribution in [1.29, 1.82) is 0 Å². The van der Waals surface area contributed by atoms with Crippen LogP contribution in [0.25, 0.3) is 0 Å². The van der Waals surface area contributed by atoms with Crippen LogP contribution in [-0.4, -0.2) is 78.9 Å². The maximum Gasteiger partial charge on any atom is 0.225 e. The van der Waals surface area contributed by atoms with Gasteiger partial charge in [0.2, 0.25) is 5.91 Å². The molecule has 1 aromatic carbocycles. The Hall–Kier alpha value is -2.19. The first-order valence-electron chi connectivity index (χ1n) is 11.0. The summed E-state index contributed by atoms with van der Waals surface area (Å²) >= 11 is 6.00. The SMILES string of the molecule is Cc1cccnc1CN1CCO[C@](COc2ccc(Cl)cc2)(CC(=O)N2CCOCC2)C1. The lowest BCUT2D eigenvalue weighted by Gasteiger charge is -2.43. The lowest BCUT2D eigenvalue weighted by atomic mass is 9.96. The minimum absolute atomic E-state index is 0.0730. The molecule has 0 N–H and O–H groups in total. The molecule has 1 amide bonds. The summed E-state index contributed by atoms with van der Waals surface area (Å²) < 4.78 is 17.8. The van der Waals surface area contributed by atoms with Gasteiger partial charge < -0.3 is 19.1 Å². The van der Waals surface area contributed by atoms with Crippen molar-refractivity contribution in [2.45, 2.75) is 25.5 Å². The van der Waals surface area contributed by atoms with Crippen LogP contribution in [0.1, 0.15) is 17.7 Å². The van der Waals surface area contributed by atoms with Crippen molar-refractivity contribution in [2.75, 3.05) is 52.6 Å². The van der Waals surface area contributed by atoms with Gasteiger partial charge in [0, 0.05) is 43.9 Å². The topological polar surface area (TPSA) is 64.1 Å². The third-order valence-corrected chi connectivity index (χ3v) is 6.22. The zero-order valence-electron chi connectivity index (χ0n) is 18.5. The van der Waals surface area contributed by atoms with Crippen LogP contribution in [0.2, 0.25) is 5.02 Å². The van der Waals surface area contributed by atoms with Crippen molar-refractivity contribution in [3.8, 4) is 5.75 Å². The van der Waals surface area contributed by atoms with Gasteiger partial charge in [-0.3, -0.25) is 14.7 Å². The largest absolute Gasteiger partial charge is 0.491 e. The third kappa shape index (κ3) is 5.98. The molecule has 3 heterocycles. The highest BCUT2D eigenvalue weighted by molar-refractivity contribution is 6.30. The quantitative estimate of drug-likeness (QED) is 0.634. The molecule has 1 atom stereocenters. The van der Waals surface area contributed by atoms with Crippen LogP contribution in [0.3, 0.4) is 0 Å². The molecule has 0 aliphatic carbocycles. The van der Waals surface area contributed by atoms with Crippen molar-refractivity contribution in [2.24, 2.45) is 0 Å². The minimum atomic E-state index is -0.740. The molecular weight excluding hydrogens is 430 g/mol. The van der Waals surface area contributed by atoms with Gasteiger partial charge in [0.25, 0.3) is 0 Å². The number of halogens is 1. The van der Waals surface area contributed by atoms with Gasteiger partial charge in [0.1, 0.15) is 18.0 Å². The molecule has 0 unspecified atom stereocenters. The van der Waals surface area contributed by atoms with Crippen molar-refractivity contribution in [3.05, 3.63) is 58.9 Å². The van der Waals surface area contributed by atoms with E-state index < -0.39 is 5.60 Å². The molecule has 2 saturated heterocycles. The van der Waals surface area contributed by atoms with E-state index in [9.17, 15) is 4.79 Å². The second-order valence-electron chi connectivity index (χ2n) is 8.42. The van der Waals surface area contributed by atoms with Crippen molar-refractivity contribution in [1.82, 2.24) is 14.8 Å². The van der Waals surface area contributed by atoms with Gasteiger partial charge in [-0.05, 0) is 42.8 Å². The number of benzene rings is 1. The monoisotopic (exact) mass is 459 g/mol. The molecule has 8 heteroatoms. The number of pyridine rings is 1. The van der Waals surface area contributed by atoms with E-state index in [1.807, 2.05) is 29.3 Å². The van der Waals surface area contributed by atoms with Crippen LogP contribution < -0.4 is 4.74 Å². The van der Waals surface area contributed by atoms with E-state index in [1.165, 1.54) is 0 Å². The number of aryl methyl sites for hydroxylation is 1. The van der Waals surface area contributed by atoms with Crippen molar-refractivity contribution in [3.63, 3.8) is 0 Å². The molecule has 7 nitrogen and oxygen atoms in total. The van der Waals surface area contributed by atoms with Crippen LogP contribution in [0, 0.1) is 6.92 Å².